The summed E-state index contributed by atoms with van der Waals surface area (Å²) in [6, 6.07) is 1.42. The highest BCUT2D eigenvalue weighted by Gasteiger charge is 2.34. The minimum absolute atomic E-state index is 0.584. The second-order valence-corrected chi connectivity index (χ2v) is 6.80. The van der Waals surface area contributed by atoms with Crippen LogP contribution in [0.5, 0.6) is 0 Å². The summed E-state index contributed by atoms with van der Waals surface area (Å²) >= 11 is 0. The summed E-state index contributed by atoms with van der Waals surface area (Å²) in [7, 11) is 0. The maximum atomic E-state index is 5.70. The lowest BCUT2D eigenvalue weighted by molar-refractivity contribution is 0.169. The minimum Gasteiger partial charge on any atom is -0.379 e. The van der Waals surface area contributed by atoms with E-state index in [-0.39, 0.29) is 0 Å². The van der Waals surface area contributed by atoms with Gasteiger partial charge in [-0.25, -0.2) is 0 Å². The zero-order valence-electron chi connectivity index (χ0n) is 13.0. The first-order valence-electron chi connectivity index (χ1n) is 8.64. The Morgan fingerprint density at radius 3 is 2.80 bits per heavy atom. The van der Waals surface area contributed by atoms with Crippen LogP contribution in [0.15, 0.2) is 0 Å². The van der Waals surface area contributed by atoms with Gasteiger partial charge in [0.25, 0.3) is 0 Å². The van der Waals surface area contributed by atoms with Crippen molar-refractivity contribution in [1.82, 2.24) is 15.1 Å². The van der Waals surface area contributed by atoms with E-state index in [4.69, 9.17) is 4.74 Å². The fraction of sp³-hybridized carbons (Fsp3) is 1.00. The largest absolute Gasteiger partial charge is 0.379 e. The van der Waals surface area contributed by atoms with Crippen molar-refractivity contribution in [3.05, 3.63) is 0 Å². The molecule has 1 N–H and O–H groups in total. The van der Waals surface area contributed by atoms with E-state index in [0.29, 0.717) is 12.0 Å². The molecule has 0 spiro atoms. The van der Waals surface area contributed by atoms with Crippen molar-refractivity contribution in [3.8, 4) is 0 Å². The van der Waals surface area contributed by atoms with Crippen molar-refractivity contribution in [2.45, 2.75) is 44.7 Å². The van der Waals surface area contributed by atoms with Crippen molar-refractivity contribution in [2.75, 3.05) is 52.5 Å². The van der Waals surface area contributed by atoms with E-state index >= 15 is 0 Å². The van der Waals surface area contributed by atoms with Crippen molar-refractivity contribution >= 4 is 0 Å². The monoisotopic (exact) mass is 281 g/mol. The van der Waals surface area contributed by atoms with Gasteiger partial charge >= 0.3 is 0 Å². The molecule has 0 amide bonds. The number of nitrogens with one attached hydrogen (secondary N) is 1. The maximum absolute atomic E-state index is 5.70. The normalized spacial score (nSPS) is 36.1. The summed E-state index contributed by atoms with van der Waals surface area (Å²) in [6.45, 7) is 11.7. The summed E-state index contributed by atoms with van der Waals surface area (Å²) < 4.78 is 5.70. The molecule has 116 valence electrons. The van der Waals surface area contributed by atoms with Crippen LogP contribution >= 0.6 is 0 Å². The number of hydrogen-bond donors (Lipinski definition) is 1. The zero-order valence-corrected chi connectivity index (χ0v) is 13.0. The Morgan fingerprint density at radius 2 is 2.00 bits per heavy atom. The van der Waals surface area contributed by atoms with E-state index in [0.717, 1.165) is 25.8 Å². The Balaban J connectivity index is 1.43. The summed E-state index contributed by atoms with van der Waals surface area (Å²) in [5.74, 6) is 0.693. The number of nitrogens with zero attached hydrogens (tertiary/aromatic N) is 2. The van der Waals surface area contributed by atoms with Gasteiger partial charge in [-0.2, -0.15) is 0 Å². The standard InChI is InChI=1S/C16H31N3O/c1-2-6-17-16-13-20-12-14(16)10-18-9-5-15(11-18)19-7-3-4-8-19/h14-17H,2-13H2,1H3. The van der Waals surface area contributed by atoms with Crippen molar-refractivity contribution in [2.24, 2.45) is 5.92 Å². The molecule has 4 heteroatoms. The molecule has 0 radical (unpaired) electrons. The second kappa shape index (κ2) is 7.21. The molecule has 0 saturated carbocycles. The van der Waals surface area contributed by atoms with Gasteiger partial charge in [0.15, 0.2) is 0 Å². The topological polar surface area (TPSA) is 27.7 Å². The minimum atomic E-state index is 0.584. The van der Waals surface area contributed by atoms with E-state index in [1.54, 1.807) is 0 Å². The number of ether oxygens (including phenoxy) is 1. The predicted octanol–water partition coefficient (Wildman–Crippen LogP) is 1.17. The maximum Gasteiger partial charge on any atom is 0.0623 e. The first-order chi connectivity index (χ1) is 9.86. The number of rotatable bonds is 6. The summed E-state index contributed by atoms with van der Waals surface area (Å²) in [5, 5.41) is 3.66. The van der Waals surface area contributed by atoms with Crippen LogP contribution in [0.1, 0.15) is 32.6 Å². The Bertz CT molecular complexity index is 293. The lowest BCUT2D eigenvalue weighted by Gasteiger charge is -2.26. The van der Waals surface area contributed by atoms with Gasteiger partial charge in [-0.05, 0) is 51.9 Å². The Morgan fingerprint density at radius 1 is 1.15 bits per heavy atom. The molecule has 3 rings (SSSR count). The third kappa shape index (κ3) is 3.53. The van der Waals surface area contributed by atoms with Gasteiger partial charge in [-0.1, -0.05) is 6.92 Å². The molecule has 0 aromatic rings. The van der Waals surface area contributed by atoms with Crippen LogP contribution in [0.2, 0.25) is 0 Å². The third-order valence-electron chi connectivity index (χ3n) is 5.25. The molecule has 0 aliphatic carbocycles. The third-order valence-corrected chi connectivity index (χ3v) is 5.25. The van der Waals surface area contributed by atoms with Crippen LogP contribution < -0.4 is 5.32 Å². The van der Waals surface area contributed by atoms with Gasteiger partial charge in [0.2, 0.25) is 0 Å². The van der Waals surface area contributed by atoms with Gasteiger partial charge < -0.3 is 15.0 Å². The van der Waals surface area contributed by atoms with E-state index in [1.165, 1.54) is 58.4 Å². The molecule has 0 aromatic carbocycles. The number of hydrogen-bond acceptors (Lipinski definition) is 4. The predicted molar refractivity (Wildman–Crippen MR) is 82.0 cm³/mol. The van der Waals surface area contributed by atoms with E-state index < -0.39 is 0 Å². The summed E-state index contributed by atoms with van der Waals surface area (Å²) in [5.41, 5.74) is 0. The van der Waals surface area contributed by atoms with Crippen LogP contribution in [0.3, 0.4) is 0 Å². The van der Waals surface area contributed by atoms with E-state index in [1.807, 2.05) is 0 Å². The zero-order chi connectivity index (χ0) is 13.8. The molecule has 3 aliphatic heterocycles. The highest BCUT2D eigenvalue weighted by atomic mass is 16.5. The summed E-state index contributed by atoms with van der Waals surface area (Å²) in [6.07, 6.45) is 5.41. The van der Waals surface area contributed by atoms with Crippen molar-refractivity contribution in [1.29, 1.82) is 0 Å². The molecule has 4 nitrogen and oxygen atoms in total. The molecular weight excluding hydrogens is 250 g/mol. The van der Waals surface area contributed by atoms with Gasteiger partial charge in [0.1, 0.15) is 0 Å². The van der Waals surface area contributed by atoms with Crippen LogP contribution in [-0.4, -0.2) is 74.4 Å². The van der Waals surface area contributed by atoms with Crippen LogP contribution in [0.4, 0.5) is 0 Å². The highest BCUT2D eigenvalue weighted by molar-refractivity contribution is 4.89. The SMILES string of the molecule is CCCNC1COCC1CN1CCC(N2CCCC2)C1. The number of likely N-dealkylation sites (tertiary alicyclic amines) is 2. The van der Waals surface area contributed by atoms with Crippen LogP contribution in [0.25, 0.3) is 0 Å². The summed E-state index contributed by atoms with van der Waals surface area (Å²) in [4.78, 5) is 5.40. The molecule has 20 heavy (non-hydrogen) atoms. The average molecular weight is 281 g/mol. The Hall–Kier alpha value is -0.160. The molecular formula is C16H31N3O. The smallest absolute Gasteiger partial charge is 0.0623 e. The lowest BCUT2D eigenvalue weighted by Crippen LogP contribution is -2.42. The Kier molecular flexibility index (Phi) is 5.32. The van der Waals surface area contributed by atoms with E-state index in [2.05, 4.69) is 22.0 Å². The van der Waals surface area contributed by atoms with Crippen molar-refractivity contribution < 1.29 is 4.74 Å². The van der Waals surface area contributed by atoms with Gasteiger partial charge in [-0.3, -0.25) is 4.90 Å². The molecule has 3 fully saturated rings. The van der Waals surface area contributed by atoms with Crippen LogP contribution in [0, 0.1) is 5.92 Å². The highest BCUT2D eigenvalue weighted by Crippen LogP contribution is 2.23. The van der Waals surface area contributed by atoms with Gasteiger partial charge in [0, 0.05) is 31.1 Å². The first-order valence-corrected chi connectivity index (χ1v) is 8.64. The molecule has 0 bridgehead atoms. The van der Waals surface area contributed by atoms with Crippen LogP contribution in [-0.2, 0) is 4.74 Å². The van der Waals surface area contributed by atoms with Gasteiger partial charge in [-0.15, -0.1) is 0 Å². The van der Waals surface area contributed by atoms with E-state index in [9.17, 15) is 0 Å². The molecule has 3 atom stereocenters. The first kappa shape index (κ1) is 14.8. The Labute approximate surface area is 123 Å². The average Bonchev–Trinajstić information content (AvgIpc) is 3.18. The molecule has 0 aromatic heterocycles. The molecule has 3 heterocycles. The molecule has 3 saturated heterocycles. The fourth-order valence-corrected chi connectivity index (χ4v) is 4.05. The lowest BCUT2D eigenvalue weighted by atomic mass is 10.0. The molecule has 3 aliphatic rings. The van der Waals surface area contributed by atoms with Crippen molar-refractivity contribution in [3.63, 3.8) is 0 Å². The second-order valence-electron chi connectivity index (χ2n) is 6.80. The quantitative estimate of drug-likeness (QED) is 0.791. The fourth-order valence-electron chi connectivity index (χ4n) is 4.05. The van der Waals surface area contributed by atoms with Gasteiger partial charge in [0.05, 0.1) is 13.2 Å². The molecule has 3 unspecified atom stereocenters.